The van der Waals surface area contributed by atoms with Gasteiger partial charge in [-0.15, -0.1) is 11.3 Å². The van der Waals surface area contributed by atoms with Crippen LogP contribution in [0.2, 0.25) is 8.67 Å². The van der Waals surface area contributed by atoms with E-state index in [4.69, 9.17) is 23.2 Å². The van der Waals surface area contributed by atoms with E-state index in [2.05, 4.69) is 15.0 Å². The van der Waals surface area contributed by atoms with Gasteiger partial charge >= 0.3 is 0 Å². The minimum atomic E-state index is -3.70. The van der Waals surface area contributed by atoms with Crippen molar-refractivity contribution in [2.45, 2.75) is 24.8 Å². The molecular weight excluding hydrogens is 305 g/mol. The number of guanidine groups is 1. The van der Waals surface area contributed by atoms with Crippen LogP contribution >= 0.6 is 34.5 Å². The molecule has 2 N–H and O–H groups in total. The predicted octanol–water partition coefficient (Wildman–Crippen LogP) is 2.52. The molecule has 1 aromatic rings. The molecule has 0 atom stereocenters. The smallest absolute Gasteiger partial charge is 0.268 e. The first-order valence-corrected chi connectivity index (χ1v) is 7.72. The SMILES string of the molecule is CC(C)N=C1Nc2c(Cl)sc(Cl)c2S(=O)(=O)N1. The Morgan fingerprint density at radius 2 is 1.94 bits per heavy atom. The molecule has 0 radical (unpaired) electrons. The number of aliphatic imine (C=N–C) groups is 1. The minimum Gasteiger partial charge on any atom is -0.322 e. The van der Waals surface area contributed by atoms with Crippen molar-refractivity contribution in [3.63, 3.8) is 0 Å². The summed E-state index contributed by atoms with van der Waals surface area (Å²) in [7, 11) is -3.70. The molecule has 0 aliphatic carbocycles. The molecule has 9 heteroatoms. The van der Waals surface area contributed by atoms with Crippen LogP contribution in [-0.4, -0.2) is 20.4 Å². The molecule has 1 aliphatic heterocycles. The van der Waals surface area contributed by atoms with Gasteiger partial charge in [-0.2, -0.15) is 0 Å². The van der Waals surface area contributed by atoms with E-state index in [-0.39, 0.29) is 21.2 Å². The molecule has 0 aromatic carbocycles. The lowest BCUT2D eigenvalue weighted by atomic mass is 10.4. The first-order valence-electron chi connectivity index (χ1n) is 4.66. The summed E-state index contributed by atoms with van der Waals surface area (Å²) in [5, 5.41) is 2.83. The molecule has 0 saturated heterocycles. The molecule has 0 amide bonds. The second-order valence-corrected chi connectivity index (χ2v) is 7.50. The van der Waals surface area contributed by atoms with Gasteiger partial charge in [-0.05, 0) is 13.8 Å². The molecule has 5 nitrogen and oxygen atoms in total. The highest BCUT2D eigenvalue weighted by Gasteiger charge is 2.33. The van der Waals surface area contributed by atoms with Gasteiger partial charge in [0.2, 0.25) is 5.96 Å². The quantitative estimate of drug-likeness (QED) is 0.837. The van der Waals surface area contributed by atoms with Gasteiger partial charge in [0.15, 0.2) is 0 Å². The van der Waals surface area contributed by atoms with E-state index in [0.29, 0.717) is 10.0 Å². The van der Waals surface area contributed by atoms with Gasteiger partial charge < -0.3 is 5.32 Å². The van der Waals surface area contributed by atoms with Crippen LogP contribution in [0.15, 0.2) is 9.89 Å². The molecule has 0 saturated carbocycles. The van der Waals surface area contributed by atoms with E-state index in [9.17, 15) is 8.42 Å². The number of rotatable bonds is 1. The molecule has 2 heterocycles. The first kappa shape index (κ1) is 12.9. The second-order valence-electron chi connectivity index (χ2n) is 3.66. The maximum Gasteiger partial charge on any atom is 0.268 e. The molecule has 94 valence electrons. The fourth-order valence-corrected chi connectivity index (χ4v) is 4.75. The zero-order chi connectivity index (χ0) is 12.8. The molecule has 0 fully saturated rings. The van der Waals surface area contributed by atoms with E-state index in [0.717, 1.165) is 11.3 Å². The number of hydrogen-bond acceptors (Lipinski definition) is 4. The predicted molar refractivity (Wildman–Crippen MR) is 70.9 cm³/mol. The van der Waals surface area contributed by atoms with Crippen molar-refractivity contribution in [1.82, 2.24) is 4.72 Å². The Kier molecular flexibility index (Phi) is 3.28. The van der Waals surface area contributed by atoms with Gasteiger partial charge in [0, 0.05) is 6.04 Å². The average Bonchev–Trinajstić information content (AvgIpc) is 2.39. The maximum atomic E-state index is 11.9. The van der Waals surface area contributed by atoms with Crippen molar-refractivity contribution in [3.05, 3.63) is 8.67 Å². The van der Waals surface area contributed by atoms with Crippen LogP contribution in [0.1, 0.15) is 13.8 Å². The van der Waals surface area contributed by atoms with Crippen molar-refractivity contribution in [3.8, 4) is 0 Å². The van der Waals surface area contributed by atoms with E-state index in [1.165, 1.54) is 0 Å². The normalized spacial score (nSPS) is 19.9. The Balaban J connectivity index is 2.58. The zero-order valence-electron chi connectivity index (χ0n) is 8.91. The van der Waals surface area contributed by atoms with Gasteiger partial charge in [0.1, 0.15) is 13.6 Å². The Labute approximate surface area is 113 Å². The zero-order valence-corrected chi connectivity index (χ0v) is 12.1. The Morgan fingerprint density at radius 3 is 2.53 bits per heavy atom. The number of fused-ring (bicyclic) bond motifs is 1. The maximum absolute atomic E-state index is 11.9. The van der Waals surface area contributed by atoms with Gasteiger partial charge in [-0.1, -0.05) is 23.2 Å². The molecule has 0 bridgehead atoms. The van der Waals surface area contributed by atoms with Gasteiger partial charge in [-0.25, -0.2) is 18.1 Å². The van der Waals surface area contributed by atoms with E-state index < -0.39 is 10.0 Å². The summed E-state index contributed by atoms with van der Waals surface area (Å²) < 4.78 is 26.6. The van der Waals surface area contributed by atoms with Crippen LogP contribution in [0.25, 0.3) is 0 Å². The van der Waals surface area contributed by atoms with Crippen LogP contribution in [0.5, 0.6) is 0 Å². The fourth-order valence-electron chi connectivity index (χ4n) is 1.35. The number of nitrogens with one attached hydrogen (secondary N) is 2. The summed E-state index contributed by atoms with van der Waals surface area (Å²) in [4.78, 5) is 4.08. The lowest BCUT2D eigenvalue weighted by Crippen LogP contribution is -2.40. The van der Waals surface area contributed by atoms with Crippen LogP contribution in [0.4, 0.5) is 5.69 Å². The van der Waals surface area contributed by atoms with Crippen molar-refractivity contribution in [2.24, 2.45) is 4.99 Å². The lowest BCUT2D eigenvalue weighted by molar-refractivity contribution is 0.592. The summed E-state index contributed by atoms with van der Waals surface area (Å²) in [6.45, 7) is 3.67. The second kappa shape index (κ2) is 4.31. The highest BCUT2D eigenvalue weighted by molar-refractivity contribution is 7.90. The molecule has 17 heavy (non-hydrogen) atoms. The minimum absolute atomic E-state index is 0.0168. The number of thiophene rings is 1. The van der Waals surface area contributed by atoms with Crippen LogP contribution < -0.4 is 10.0 Å². The van der Waals surface area contributed by atoms with Gasteiger partial charge in [-0.3, -0.25) is 0 Å². The third-order valence-electron chi connectivity index (χ3n) is 1.91. The van der Waals surface area contributed by atoms with Crippen LogP contribution in [0.3, 0.4) is 0 Å². The molecule has 1 aliphatic rings. The third-order valence-corrected chi connectivity index (χ3v) is 5.17. The summed E-state index contributed by atoms with van der Waals surface area (Å²) in [6.07, 6.45) is 0. The number of sulfonamides is 1. The largest absolute Gasteiger partial charge is 0.322 e. The van der Waals surface area contributed by atoms with Crippen molar-refractivity contribution in [2.75, 3.05) is 5.32 Å². The number of anilines is 1. The summed E-state index contributed by atoms with van der Waals surface area (Å²) in [5.41, 5.74) is 0.291. The van der Waals surface area contributed by atoms with Crippen LogP contribution in [-0.2, 0) is 10.0 Å². The summed E-state index contributed by atoms with van der Waals surface area (Å²) in [5.74, 6) is 0.156. The molecule has 1 aromatic heterocycles. The van der Waals surface area contributed by atoms with Crippen molar-refractivity contribution >= 4 is 56.2 Å². The Hall–Kier alpha value is -0.500. The van der Waals surface area contributed by atoms with E-state index in [1.54, 1.807) is 0 Å². The number of halogens is 2. The lowest BCUT2D eigenvalue weighted by Gasteiger charge is -2.19. The van der Waals surface area contributed by atoms with E-state index >= 15 is 0 Å². The topological polar surface area (TPSA) is 70.6 Å². The summed E-state index contributed by atoms with van der Waals surface area (Å²) >= 11 is 12.8. The van der Waals surface area contributed by atoms with Crippen molar-refractivity contribution < 1.29 is 8.42 Å². The van der Waals surface area contributed by atoms with Gasteiger partial charge in [0.05, 0.1) is 5.69 Å². The Bertz CT molecular complexity index is 592. The van der Waals surface area contributed by atoms with Crippen LogP contribution in [0, 0.1) is 0 Å². The van der Waals surface area contributed by atoms with E-state index in [1.807, 2.05) is 13.8 Å². The number of nitrogens with zero attached hydrogens (tertiary/aromatic N) is 1. The fraction of sp³-hybridized carbons (Fsp3) is 0.375. The average molecular weight is 314 g/mol. The van der Waals surface area contributed by atoms with Gasteiger partial charge in [0.25, 0.3) is 10.0 Å². The highest BCUT2D eigenvalue weighted by Crippen LogP contribution is 2.44. The third kappa shape index (κ3) is 2.37. The molecular formula is C8H9Cl2N3O2S2. The molecule has 0 unspecified atom stereocenters. The Morgan fingerprint density at radius 1 is 1.29 bits per heavy atom. The first-order chi connectivity index (χ1) is 7.81. The standard InChI is InChI=1S/C8H9Cl2N3O2S2/c1-3(2)11-8-12-4-5(17(14,15)13-8)7(10)16-6(4)9/h3H,1-2H3,(H2,11,12,13). The monoisotopic (exact) mass is 313 g/mol. The molecule has 0 spiro atoms. The number of hydrogen-bond donors (Lipinski definition) is 2. The molecule has 2 rings (SSSR count). The highest BCUT2D eigenvalue weighted by atomic mass is 35.5. The van der Waals surface area contributed by atoms with Crippen molar-refractivity contribution in [1.29, 1.82) is 0 Å². The summed E-state index contributed by atoms with van der Waals surface area (Å²) in [6, 6.07) is -0.0466.